The fourth-order valence-corrected chi connectivity index (χ4v) is 3.42. The molecular formula is C23H26N2O5. The summed E-state index contributed by atoms with van der Waals surface area (Å²) in [6.45, 7) is 2.19. The molecule has 1 aliphatic heterocycles. The van der Waals surface area contributed by atoms with Crippen molar-refractivity contribution >= 4 is 17.8 Å². The average Bonchev–Trinajstić information content (AvgIpc) is 3.18. The van der Waals surface area contributed by atoms with E-state index in [4.69, 9.17) is 9.47 Å². The van der Waals surface area contributed by atoms with Crippen molar-refractivity contribution in [1.82, 2.24) is 10.2 Å². The molecule has 0 saturated carbocycles. The molecule has 0 aliphatic carbocycles. The zero-order valence-electron chi connectivity index (χ0n) is 17.2. The lowest BCUT2D eigenvalue weighted by Gasteiger charge is -2.25. The number of hydrogen-bond acceptors (Lipinski definition) is 5. The molecule has 30 heavy (non-hydrogen) atoms. The Morgan fingerprint density at radius 1 is 1.13 bits per heavy atom. The molecule has 7 nitrogen and oxygen atoms in total. The Labute approximate surface area is 176 Å². The van der Waals surface area contributed by atoms with Gasteiger partial charge in [-0.15, -0.1) is 0 Å². The van der Waals surface area contributed by atoms with Gasteiger partial charge in [0, 0.05) is 19.5 Å². The molecule has 158 valence electrons. The number of rotatable bonds is 8. The highest BCUT2D eigenvalue weighted by atomic mass is 16.5. The van der Waals surface area contributed by atoms with Crippen LogP contribution in [0.5, 0.6) is 5.75 Å². The molecule has 1 N–H and O–H groups in total. The van der Waals surface area contributed by atoms with E-state index >= 15 is 0 Å². The summed E-state index contributed by atoms with van der Waals surface area (Å²) in [4.78, 5) is 38.4. The van der Waals surface area contributed by atoms with Crippen LogP contribution in [-0.4, -0.2) is 42.9 Å². The fraction of sp³-hybridized carbons (Fsp3) is 0.348. The van der Waals surface area contributed by atoms with Gasteiger partial charge in [-0.05, 0) is 30.2 Å². The van der Waals surface area contributed by atoms with Crippen LogP contribution in [0.25, 0.3) is 0 Å². The molecule has 0 spiro atoms. The van der Waals surface area contributed by atoms with Gasteiger partial charge in [-0.2, -0.15) is 0 Å². The van der Waals surface area contributed by atoms with Crippen LogP contribution in [-0.2, 0) is 25.7 Å². The maximum absolute atomic E-state index is 12.4. The normalized spacial score (nSPS) is 16.8. The molecule has 1 aliphatic rings. The molecule has 0 radical (unpaired) electrons. The van der Waals surface area contributed by atoms with E-state index in [9.17, 15) is 14.4 Å². The van der Waals surface area contributed by atoms with Crippen LogP contribution in [0.4, 0.5) is 0 Å². The molecule has 2 aromatic rings. The third kappa shape index (κ3) is 5.37. The monoisotopic (exact) mass is 410 g/mol. The lowest BCUT2D eigenvalue weighted by Crippen LogP contribution is -2.32. The van der Waals surface area contributed by atoms with E-state index in [2.05, 4.69) is 5.32 Å². The zero-order valence-corrected chi connectivity index (χ0v) is 17.2. The van der Waals surface area contributed by atoms with Crippen LogP contribution in [0, 0.1) is 5.92 Å². The van der Waals surface area contributed by atoms with Crippen molar-refractivity contribution in [2.24, 2.45) is 5.92 Å². The topological polar surface area (TPSA) is 84.9 Å². The molecule has 2 aromatic carbocycles. The number of ether oxygens (including phenoxy) is 2. The maximum Gasteiger partial charge on any atom is 0.311 e. The minimum absolute atomic E-state index is 0.0859. The number of carbonyl (C=O) groups is 3. The number of nitrogens with zero attached hydrogens (tertiary/aromatic N) is 1. The van der Waals surface area contributed by atoms with E-state index in [0.717, 1.165) is 16.9 Å². The first kappa shape index (κ1) is 21.4. The molecule has 1 saturated heterocycles. The van der Waals surface area contributed by atoms with Crippen molar-refractivity contribution in [3.05, 3.63) is 65.7 Å². The molecule has 7 heteroatoms. The Hall–Kier alpha value is -3.35. The molecule has 0 unspecified atom stereocenters. The number of benzene rings is 2. The number of carbonyl (C=O) groups excluding carboxylic acids is 3. The molecule has 0 aromatic heterocycles. The van der Waals surface area contributed by atoms with Gasteiger partial charge in [0.05, 0.1) is 19.1 Å². The molecule has 3 rings (SSSR count). The van der Waals surface area contributed by atoms with Gasteiger partial charge in [0.15, 0.2) is 6.61 Å². The smallest absolute Gasteiger partial charge is 0.311 e. The van der Waals surface area contributed by atoms with Gasteiger partial charge in [-0.25, -0.2) is 0 Å². The van der Waals surface area contributed by atoms with Gasteiger partial charge in [0.2, 0.25) is 5.91 Å². The molecule has 2 atom stereocenters. The van der Waals surface area contributed by atoms with Crippen molar-refractivity contribution < 1.29 is 23.9 Å². The number of likely N-dealkylation sites (tertiary alicyclic amines) is 1. The van der Waals surface area contributed by atoms with Gasteiger partial charge in [-0.1, -0.05) is 42.5 Å². The number of esters is 1. The number of hydrogen-bond donors (Lipinski definition) is 1. The minimum atomic E-state index is -0.557. The second kappa shape index (κ2) is 9.91. The van der Waals surface area contributed by atoms with Gasteiger partial charge in [-0.3, -0.25) is 14.4 Å². The van der Waals surface area contributed by atoms with Gasteiger partial charge in [0.1, 0.15) is 5.75 Å². The number of amides is 2. The molecular weight excluding hydrogens is 384 g/mol. The summed E-state index contributed by atoms with van der Waals surface area (Å²) in [5, 5.41) is 2.71. The molecule has 0 bridgehead atoms. The quantitative estimate of drug-likeness (QED) is 0.676. The highest BCUT2D eigenvalue weighted by molar-refractivity contribution is 5.88. The van der Waals surface area contributed by atoms with Crippen LogP contribution in [0.15, 0.2) is 54.6 Å². The summed E-state index contributed by atoms with van der Waals surface area (Å²) < 4.78 is 10.2. The maximum atomic E-state index is 12.4. The summed E-state index contributed by atoms with van der Waals surface area (Å²) in [6, 6.07) is 16.8. The second-order valence-electron chi connectivity index (χ2n) is 7.27. The first-order valence-corrected chi connectivity index (χ1v) is 9.88. The SMILES string of the molecule is COc1ccc(CNC(=O)COC(=O)[C@H]2CC(=O)N([C@H](C)c3ccccc3)C2)cc1. The van der Waals surface area contributed by atoms with Gasteiger partial charge >= 0.3 is 5.97 Å². The van der Waals surface area contributed by atoms with Crippen molar-refractivity contribution in [1.29, 1.82) is 0 Å². The lowest BCUT2D eigenvalue weighted by molar-refractivity contribution is -0.152. The molecule has 2 amide bonds. The average molecular weight is 410 g/mol. The summed E-state index contributed by atoms with van der Waals surface area (Å²) in [5.41, 5.74) is 1.92. The Kier molecular flexibility index (Phi) is 7.06. The van der Waals surface area contributed by atoms with Crippen molar-refractivity contribution in [3.63, 3.8) is 0 Å². The first-order chi connectivity index (χ1) is 14.5. The van der Waals surface area contributed by atoms with Crippen LogP contribution in [0.2, 0.25) is 0 Å². The fourth-order valence-electron chi connectivity index (χ4n) is 3.42. The Morgan fingerprint density at radius 3 is 2.50 bits per heavy atom. The minimum Gasteiger partial charge on any atom is -0.497 e. The summed E-state index contributed by atoms with van der Waals surface area (Å²) in [6.07, 6.45) is 0.101. The van der Waals surface area contributed by atoms with Crippen LogP contribution in [0.1, 0.15) is 30.5 Å². The van der Waals surface area contributed by atoms with Crippen molar-refractivity contribution in [3.8, 4) is 5.75 Å². The van der Waals surface area contributed by atoms with Crippen LogP contribution in [0.3, 0.4) is 0 Å². The van der Waals surface area contributed by atoms with E-state index in [1.54, 1.807) is 24.1 Å². The summed E-state index contributed by atoms with van der Waals surface area (Å²) in [5.74, 6) is -0.820. The second-order valence-corrected chi connectivity index (χ2v) is 7.27. The van der Waals surface area contributed by atoms with Crippen LogP contribution >= 0.6 is 0 Å². The highest BCUT2D eigenvalue weighted by Crippen LogP contribution is 2.28. The van der Waals surface area contributed by atoms with E-state index in [1.807, 2.05) is 49.4 Å². The zero-order chi connectivity index (χ0) is 21.5. The summed E-state index contributed by atoms with van der Waals surface area (Å²) in [7, 11) is 1.59. The first-order valence-electron chi connectivity index (χ1n) is 9.88. The van der Waals surface area contributed by atoms with Crippen molar-refractivity contribution in [2.45, 2.75) is 25.9 Å². The van der Waals surface area contributed by atoms with Crippen LogP contribution < -0.4 is 10.1 Å². The van der Waals surface area contributed by atoms with Gasteiger partial charge < -0.3 is 19.7 Å². The largest absolute Gasteiger partial charge is 0.497 e. The lowest BCUT2D eigenvalue weighted by atomic mass is 10.1. The van der Waals surface area contributed by atoms with Crippen molar-refractivity contribution in [2.75, 3.05) is 20.3 Å². The summed E-state index contributed by atoms with van der Waals surface area (Å²) >= 11 is 0. The Bertz CT molecular complexity index is 882. The van der Waals surface area contributed by atoms with E-state index in [0.29, 0.717) is 13.1 Å². The molecule has 1 fully saturated rings. The standard InChI is InChI=1S/C23H26N2O5/c1-16(18-6-4-3-5-7-18)25-14-19(12-22(25)27)23(28)30-15-21(26)24-13-17-8-10-20(29-2)11-9-17/h3-11,16,19H,12-15H2,1-2H3,(H,24,26)/t16-,19+/m1/s1. The van der Waals surface area contributed by atoms with E-state index in [1.165, 1.54) is 0 Å². The predicted octanol–water partition coefficient (Wildman–Crippen LogP) is 2.46. The Morgan fingerprint density at radius 2 is 1.83 bits per heavy atom. The highest BCUT2D eigenvalue weighted by Gasteiger charge is 2.38. The molecule has 1 heterocycles. The third-order valence-electron chi connectivity index (χ3n) is 5.24. The third-order valence-corrected chi connectivity index (χ3v) is 5.24. The Balaban J connectivity index is 1.44. The number of nitrogens with one attached hydrogen (secondary N) is 1. The van der Waals surface area contributed by atoms with E-state index < -0.39 is 17.8 Å². The van der Waals surface area contributed by atoms with E-state index in [-0.39, 0.29) is 25.0 Å². The predicted molar refractivity (Wildman–Crippen MR) is 110 cm³/mol. The van der Waals surface area contributed by atoms with Gasteiger partial charge in [0.25, 0.3) is 5.91 Å². The number of methoxy groups -OCH3 is 1.